The Hall–Kier alpha value is -3.05. The monoisotopic (exact) mass is 547 g/mol. The highest BCUT2D eigenvalue weighted by Gasteiger charge is 2.31. The van der Waals surface area contributed by atoms with Gasteiger partial charge >= 0.3 is 5.97 Å². The Labute approximate surface area is 228 Å². The number of carboxylic acids is 1. The molecule has 210 valence electrons. The zero-order chi connectivity index (χ0) is 28.4. The van der Waals surface area contributed by atoms with E-state index in [2.05, 4.69) is 20.9 Å². The topological polar surface area (TPSA) is 166 Å². The van der Waals surface area contributed by atoms with Crippen LogP contribution in [0.25, 0.3) is 10.9 Å². The van der Waals surface area contributed by atoms with Crippen LogP contribution in [0.3, 0.4) is 0 Å². The molecule has 0 bridgehead atoms. The number of amides is 3. The van der Waals surface area contributed by atoms with Crippen molar-refractivity contribution >= 4 is 46.4 Å². The molecule has 3 amide bonds. The maximum Gasteiger partial charge on any atom is 0.326 e. The molecule has 4 atom stereocenters. The van der Waals surface area contributed by atoms with Gasteiger partial charge in [-0.1, -0.05) is 45.9 Å². The highest BCUT2D eigenvalue weighted by Crippen LogP contribution is 2.19. The van der Waals surface area contributed by atoms with Crippen molar-refractivity contribution in [2.24, 2.45) is 17.6 Å². The van der Waals surface area contributed by atoms with Gasteiger partial charge < -0.3 is 31.8 Å². The van der Waals surface area contributed by atoms with E-state index in [0.717, 1.165) is 16.5 Å². The lowest BCUT2D eigenvalue weighted by atomic mass is 10.00. The minimum Gasteiger partial charge on any atom is -0.480 e. The van der Waals surface area contributed by atoms with Gasteiger partial charge in [0, 0.05) is 17.1 Å². The molecule has 1 aromatic carbocycles. The predicted octanol–water partition coefficient (Wildman–Crippen LogP) is 2.03. The van der Waals surface area contributed by atoms with Gasteiger partial charge in [-0.15, -0.1) is 0 Å². The number of H-pyrrole nitrogens is 1. The van der Waals surface area contributed by atoms with Crippen LogP contribution >= 0.6 is 11.8 Å². The van der Waals surface area contributed by atoms with E-state index in [-0.39, 0.29) is 18.3 Å². The van der Waals surface area contributed by atoms with Crippen molar-refractivity contribution in [1.29, 1.82) is 0 Å². The van der Waals surface area contributed by atoms with Gasteiger partial charge in [0.25, 0.3) is 0 Å². The molecular weight excluding hydrogens is 506 g/mol. The number of aromatic nitrogens is 1. The third kappa shape index (κ3) is 9.05. The van der Waals surface area contributed by atoms with Crippen molar-refractivity contribution < 1.29 is 24.3 Å². The first kappa shape index (κ1) is 31.2. The number of fused-ring (bicyclic) bond motifs is 1. The number of hydrogen-bond acceptors (Lipinski definition) is 6. The maximum atomic E-state index is 13.3. The van der Waals surface area contributed by atoms with Crippen molar-refractivity contribution in [3.8, 4) is 0 Å². The number of carbonyl (C=O) groups is 4. The Morgan fingerprint density at radius 3 is 2.21 bits per heavy atom. The van der Waals surface area contributed by atoms with E-state index in [1.165, 1.54) is 11.8 Å². The molecular formula is C27H41N5O5S. The third-order valence-electron chi connectivity index (χ3n) is 6.27. The number of carbonyl (C=O) groups excluding carboxylic acids is 3. The summed E-state index contributed by atoms with van der Waals surface area (Å²) in [6.45, 7) is 7.20. The summed E-state index contributed by atoms with van der Waals surface area (Å²) in [4.78, 5) is 54.0. The van der Waals surface area contributed by atoms with Crippen molar-refractivity contribution in [1.82, 2.24) is 20.9 Å². The van der Waals surface area contributed by atoms with Gasteiger partial charge in [-0.3, -0.25) is 14.4 Å². The van der Waals surface area contributed by atoms with E-state index in [9.17, 15) is 24.3 Å². The molecule has 0 spiro atoms. The van der Waals surface area contributed by atoms with Crippen LogP contribution in [-0.4, -0.2) is 70.0 Å². The largest absolute Gasteiger partial charge is 0.480 e. The van der Waals surface area contributed by atoms with Crippen molar-refractivity contribution in [3.05, 3.63) is 36.0 Å². The molecule has 2 aromatic rings. The summed E-state index contributed by atoms with van der Waals surface area (Å²) in [5.74, 6) is -2.37. The molecule has 0 fully saturated rings. The molecule has 0 aliphatic rings. The molecule has 0 saturated heterocycles. The number of hydrogen-bond donors (Lipinski definition) is 6. The molecule has 0 radical (unpaired) electrons. The first-order chi connectivity index (χ1) is 17.9. The summed E-state index contributed by atoms with van der Waals surface area (Å²) in [6, 6.07) is 3.92. The summed E-state index contributed by atoms with van der Waals surface area (Å²) in [5.41, 5.74) is 8.07. The zero-order valence-electron chi connectivity index (χ0n) is 22.7. The Bertz CT molecular complexity index is 1100. The highest BCUT2D eigenvalue weighted by molar-refractivity contribution is 7.98. The highest BCUT2D eigenvalue weighted by atomic mass is 32.2. The number of para-hydroxylation sites is 1. The van der Waals surface area contributed by atoms with E-state index in [4.69, 9.17) is 5.73 Å². The second-order valence-electron chi connectivity index (χ2n) is 10.3. The number of carboxylic acid groups (broad SMARTS) is 1. The molecule has 1 heterocycles. The van der Waals surface area contributed by atoms with E-state index in [1.807, 2.05) is 50.6 Å². The van der Waals surface area contributed by atoms with Crippen LogP contribution in [-0.2, 0) is 25.6 Å². The number of nitrogens with two attached hydrogens (primary N) is 1. The van der Waals surface area contributed by atoms with Crippen LogP contribution in [0.1, 0.15) is 46.1 Å². The Morgan fingerprint density at radius 2 is 1.61 bits per heavy atom. The van der Waals surface area contributed by atoms with E-state index >= 15 is 0 Å². The third-order valence-corrected chi connectivity index (χ3v) is 6.91. The lowest BCUT2D eigenvalue weighted by Crippen LogP contribution is -2.58. The molecule has 2 rings (SSSR count). The van der Waals surface area contributed by atoms with Crippen LogP contribution in [0.15, 0.2) is 30.5 Å². The SMILES string of the molecule is CSCCC(NC(=O)C(N)Cc1c[nH]c2ccccc12)C(=O)NC(CC(C)C)C(=O)NC(C(=O)O)C(C)C. The van der Waals surface area contributed by atoms with Gasteiger partial charge in [0.05, 0.1) is 6.04 Å². The van der Waals surface area contributed by atoms with Gasteiger partial charge in [-0.05, 0) is 54.7 Å². The van der Waals surface area contributed by atoms with Crippen LogP contribution in [0.4, 0.5) is 0 Å². The van der Waals surface area contributed by atoms with Crippen molar-refractivity contribution in [3.63, 3.8) is 0 Å². The molecule has 4 unspecified atom stereocenters. The Morgan fingerprint density at radius 1 is 0.974 bits per heavy atom. The standard InChI is InChI=1S/C27H41N5O5S/c1-15(2)12-22(26(35)32-23(16(3)4)27(36)37)31-25(34)21(10-11-38-5)30-24(33)19(28)13-17-14-29-20-9-7-6-8-18(17)20/h6-9,14-16,19,21-23,29H,10-13,28H2,1-5H3,(H,30,33)(H,31,34)(H,32,35)(H,36,37). The van der Waals surface area contributed by atoms with Gasteiger partial charge in [0.15, 0.2) is 0 Å². The zero-order valence-corrected chi connectivity index (χ0v) is 23.6. The molecule has 0 aliphatic carbocycles. The Balaban J connectivity index is 2.12. The number of thioether (sulfide) groups is 1. The second-order valence-corrected chi connectivity index (χ2v) is 11.3. The van der Waals surface area contributed by atoms with Crippen molar-refractivity contribution in [2.75, 3.05) is 12.0 Å². The molecule has 0 saturated carbocycles. The lowest BCUT2D eigenvalue weighted by Gasteiger charge is -2.27. The number of nitrogens with one attached hydrogen (secondary N) is 4. The van der Waals surface area contributed by atoms with Gasteiger partial charge in [0.1, 0.15) is 18.1 Å². The molecule has 10 nitrogen and oxygen atoms in total. The smallest absolute Gasteiger partial charge is 0.326 e. The summed E-state index contributed by atoms with van der Waals surface area (Å²) >= 11 is 1.53. The first-order valence-electron chi connectivity index (χ1n) is 12.9. The average Bonchev–Trinajstić information content (AvgIpc) is 3.26. The van der Waals surface area contributed by atoms with Gasteiger partial charge in [-0.2, -0.15) is 11.8 Å². The fourth-order valence-electron chi connectivity index (χ4n) is 4.16. The van der Waals surface area contributed by atoms with Gasteiger partial charge in [0.2, 0.25) is 17.7 Å². The molecule has 7 N–H and O–H groups in total. The molecule has 1 aromatic heterocycles. The predicted molar refractivity (Wildman–Crippen MR) is 151 cm³/mol. The van der Waals surface area contributed by atoms with Crippen LogP contribution < -0.4 is 21.7 Å². The maximum absolute atomic E-state index is 13.3. The fourth-order valence-corrected chi connectivity index (χ4v) is 4.63. The second kappa shape index (κ2) is 14.8. The van der Waals surface area contributed by atoms with Crippen LogP contribution in [0, 0.1) is 11.8 Å². The summed E-state index contributed by atoms with van der Waals surface area (Å²) in [6.07, 6.45) is 4.67. The van der Waals surface area contributed by atoms with Gasteiger partial charge in [-0.25, -0.2) is 4.79 Å². The molecule has 0 aliphatic heterocycles. The molecule has 11 heteroatoms. The summed E-state index contributed by atoms with van der Waals surface area (Å²) < 4.78 is 0. The summed E-state index contributed by atoms with van der Waals surface area (Å²) in [5, 5.41) is 18.5. The van der Waals surface area contributed by atoms with Crippen molar-refractivity contribution in [2.45, 2.75) is 71.1 Å². The number of rotatable bonds is 15. The van der Waals surface area contributed by atoms with Crippen LogP contribution in [0.5, 0.6) is 0 Å². The van der Waals surface area contributed by atoms with Crippen LogP contribution in [0.2, 0.25) is 0 Å². The summed E-state index contributed by atoms with van der Waals surface area (Å²) in [7, 11) is 0. The normalized spacial score (nSPS) is 14.6. The first-order valence-corrected chi connectivity index (χ1v) is 14.3. The fraction of sp³-hybridized carbons (Fsp3) is 0.556. The van der Waals surface area contributed by atoms with E-state index in [0.29, 0.717) is 18.6 Å². The van der Waals surface area contributed by atoms with E-state index in [1.54, 1.807) is 13.8 Å². The Kier molecular flexibility index (Phi) is 12.1. The number of aromatic amines is 1. The lowest BCUT2D eigenvalue weighted by molar-refractivity contribution is -0.143. The number of aliphatic carboxylic acids is 1. The minimum atomic E-state index is -1.14. The molecule has 38 heavy (non-hydrogen) atoms. The quantitative estimate of drug-likeness (QED) is 0.198. The van der Waals surface area contributed by atoms with E-state index < -0.39 is 47.9 Å². The number of benzene rings is 1. The average molecular weight is 548 g/mol. The minimum absolute atomic E-state index is 0.0530.